The predicted molar refractivity (Wildman–Crippen MR) is 77.2 cm³/mol. The number of nitrogens with one attached hydrogen (secondary N) is 1. The smallest absolute Gasteiger partial charge is 0.120 e. The van der Waals surface area contributed by atoms with E-state index in [0.717, 1.165) is 22.0 Å². The molecule has 2 aliphatic heterocycles. The van der Waals surface area contributed by atoms with E-state index in [1.54, 1.807) is 11.3 Å². The number of hydrogen-bond acceptors (Lipinski definition) is 3. The summed E-state index contributed by atoms with van der Waals surface area (Å²) in [7, 11) is 0. The third-order valence-electron chi connectivity index (χ3n) is 3.79. The van der Waals surface area contributed by atoms with Crippen LogP contribution >= 0.6 is 22.9 Å². The van der Waals surface area contributed by atoms with E-state index in [1.165, 1.54) is 23.1 Å². The van der Waals surface area contributed by atoms with Crippen molar-refractivity contribution in [3.8, 4) is 0 Å². The molecule has 4 rings (SSSR count). The number of thiazole rings is 1. The monoisotopic (exact) mass is 276 g/mol. The van der Waals surface area contributed by atoms with E-state index in [0.29, 0.717) is 12.1 Å². The topological polar surface area (TPSA) is 24.9 Å². The van der Waals surface area contributed by atoms with Crippen LogP contribution in [0.2, 0.25) is 5.02 Å². The first-order valence-corrected chi connectivity index (χ1v) is 7.51. The highest BCUT2D eigenvalue weighted by molar-refractivity contribution is 7.19. The molecule has 1 fully saturated rings. The lowest BCUT2D eigenvalue weighted by molar-refractivity contribution is 0.575. The third-order valence-corrected chi connectivity index (χ3v) is 5.19. The van der Waals surface area contributed by atoms with E-state index in [1.807, 2.05) is 12.1 Å². The molecule has 2 atom stereocenters. The summed E-state index contributed by atoms with van der Waals surface area (Å²) in [5.74, 6) is 0. The van der Waals surface area contributed by atoms with Gasteiger partial charge in [0, 0.05) is 12.1 Å². The Kier molecular flexibility index (Phi) is 2.47. The second-order valence-electron chi connectivity index (χ2n) is 5.05. The normalized spacial score (nSPS) is 26.6. The van der Waals surface area contributed by atoms with Crippen molar-refractivity contribution in [2.24, 2.45) is 0 Å². The Bertz CT molecular complexity index is 646. The summed E-state index contributed by atoms with van der Waals surface area (Å²) in [6.45, 7) is 0. The average molecular weight is 277 g/mol. The zero-order valence-corrected chi connectivity index (χ0v) is 11.4. The summed E-state index contributed by atoms with van der Waals surface area (Å²) in [5.41, 5.74) is 2.35. The first-order chi connectivity index (χ1) is 8.79. The van der Waals surface area contributed by atoms with Crippen molar-refractivity contribution in [1.29, 1.82) is 0 Å². The van der Waals surface area contributed by atoms with Gasteiger partial charge in [-0.05, 0) is 37.0 Å². The second-order valence-corrected chi connectivity index (χ2v) is 6.49. The highest BCUT2D eigenvalue weighted by Gasteiger charge is 2.29. The summed E-state index contributed by atoms with van der Waals surface area (Å²) in [5, 5.41) is 5.52. The Hall–Kier alpha value is -0.900. The fourth-order valence-electron chi connectivity index (χ4n) is 2.93. The second kappa shape index (κ2) is 4.05. The van der Waals surface area contributed by atoms with E-state index >= 15 is 0 Å². The minimum absolute atomic E-state index is 0.557. The Morgan fingerprint density at radius 3 is 3.11 bits per heavy atom. The van der Waals surface area contributed by atoms with E-state index in [2.05, 4.69) is 17.5 Å². The molecule has 1 N–H and O–H groups in total. The number of aromatic nitrogens is 1. The molecule has 1 aromatic carbocycles. The van der Waals surface area contributed by atoms with Gasteiger partial charge in [0.25, 0.3) is 0 Å². The van der Waals surface area contributed by atoms with Crippen molar-refractivity contribution in [3.05, 3.63) is 34.3 Å². The standard InChI is InChI=1S/C14H13ClN2S/c15-11-2-1-3-12-13(11)17-14(18-12)8-6-9-4-5-10(7-8)16-9/h1-3,6,9-10,16H,4-5,7H2. The van der Waals surface area contributed by atoms with Crippen LogP contribution in [0.15, 0.2) is 24.3 Å². The van der Waals surface area contributed by atoms with Crippen molar-refractivity contribution < 1.29 is 0 Å². The van der Waals surface area contributed by atoms with Crippen LogP contribution in [0, 0.1) is 0 Å². The Labute approximate surface area is 115 Å². The lowest BCUT2D eigenvalue weighted by Crippen LogP contribution is -2.31. The number of halogens is 1. The number of para-hydroxylation sites is 1. The molecule has 2 nitrogen and oxygen atoms in total. The lowest BCUT2D eigenvalue weighted by atomic mass is 10.0. The molecule has 2 unspecified atom stereocenters. The highest BCUT2D eigenvalue weighted by atomic mass is 35.5. The van der Waals surface area contributed by atoms with Crippen LogP contribution in [0.5, 0.6) is 0 Å². The van der Waals surface area contributed by atoms with Crippen molar-refractivity contribution in [2.75, 3.05) is 0 Å². The largest absolute Gasteiger partial charge is 0.307 e. The van der Waals surface area contributed by atoms with E-state index in [4.69, 9.17) is 16.6 Å². The lowest BCUT2D eigenvalue weighted by Gasteiger charge is -2.19. The van der Waals surface area contributed by atoms with Gasteiger partial charge >= 0.3 is 0 Å². The molecule has 0 aliphatic carbocycles. The quantitative estimate of drug-likeness (QED) is 0.856. The summed E-state index contributed by atoms with van der Waals surface area (Å²) < 4.78 is 1.18. The van der Waals surface area contributed by atoms with Gasteiger partial charge in [-0.1, -0.05) is 23.7 Å². The van der Waals surface area contributed by atoms with Gasteiger partial charge in [-0.3, -0.25) is 0 Å². The Morgan fingerprint density at radius 1 is 1.33 bits per heavy atom. The van der Waals surface area contributed by atoms with E-state index in [-0.39, 0.29) is 0 Å². The number of fused-ring (bicyclic) bond motifs is 3. The number of nitrogens with zero attached hydrogens (tertiary/aromatic N) is 1. The minimum Gasteiger partial charge on any atom is -0.307 e. The molecule has 18 heavy (non-hydrogen) atoms. The van der Waals surface area contributed by atoms with E-state index < -0.39 is 0 Å². The van der Waals surface area contributed by atoms with Crippen LogP contribution in [0.4, 0.5) is 0 Å². The fourth-order valence-corrected chi connectivity index (χ4v) is 4.23. The number of hydrogen-bond donors (Lipinski definition) is 1. The summed E-state index contributed by atoms with van der Waals surface area (Å²) in [6.07, 6.45) is 6.01. The van der Waals surface area contributed by atoms with Crippen LogP contribution < -0.4 is 5.32 Å². The Morgan fingerprint density at radius 2 is 2.28 bits per heavy atom. The van der Waals surface area contributed by atoms with Gasteiger partial charge in [0.2, 0.25) is 0 Å². The van der Waals surface area contributed by atoms with Crippen LogP contribution in [-0.2, 0) is 0 Å². The number of benzene rings is 1. The predicted octanol–water partition coefficient (Wildman–Crippen LogP) is 3.86. The highest BCUT2D eigenvalue weighted by Crippen LogP contribution is 2.36. The maximum absolute atomic E-state index is 6.19. The van der Waals surface area contributed by atoms with Crippen LogP contribution in [0.25, 0.3) is 15.8 Å². The van der Waals surface area contributed by atoms with Gasteiger partial charge in [-0.25, -0.2) is 4.98 Å². The molecular weight excluding hydrogens is 264 g/mol. The maximum atomic E-state index is 6.19. The van der Waals surface area contributed by atoms with Gasteiger partial charge in [0.15, 0.2) is 0 Å². The molecule has 2 aromatic rings. The molecule has 92 valence electrons. The van der Waals surface area contributed by atoms with Crippen molar-refractivity contribution in [3.63, 3.8) is 0 Å². The van der Waals surface area contributed by atoms with Gasteiger partial charge < -0.3 is 5.32 Å². The van der Waals surface area contributed by atoms with Crippen LogP contribution in [-0.4, -0.2) is 17.1 Å². The first kappa shape index (κ1) is 11.0. The van der Waals surface area contributed by atoms with Gasteiger partial charge in [-0.2, -0.15) is 0 Å². The van der Waals surface area contributed by atoms with Crippen molar-refractivity contribution >= 4 is 38.7 Å². The molecule has 0 amide bonds. The van der Waals surface area contributed by atoms with E-state index in [9.17, 15) is 0 Å². The molecule has 1 saturated heterocycles. The van der Waals surface area contributed by atoms with Gasteiger partial charge in [0.1, 0.15) is 10.5 Å². The summed E-state index contributed by atoms with van der Waals surface area (Å²) >= 11 is 7.95. The average Bonchev–Trinajstić information content (AvgIpc) is 2.94. The molecule has 0 spiro atoms. The Balaban J connectivity index is 1.81. The zero-order valence-electron chi connectivity index (χ0n) is 9.82. The fraction of sp³-hybridized carbons (Fsp3) is 0.357. The van der Waals surface area contributed by atoms with Crippen LogP contribution in [0.3, 0.4) is 0 Å². The molecular formula is C14H13ClN2S. The van der Waals surface area contributed by atoms with Gasteiger partial charge in [-0.15, -0.1) is 11.3 Å². The molecule has 2 bridgehead atoms. The van der Waals surface area contributed by atoms with Crippen molar-refractivity contribution in [1.82, 2.24) is 10.3 Å². The van der Waals surface area contributed by atoms with Gasteiger partial charge in [0.05, 0.1) is 9.72 Å². The molecule has 2 aliphatic rings. The molecule has 1 aromatic heterocycles. The first-order valence-electron chi connectivity index (χ1n) is 6.32. The molecule has 0 saturated carbocycles. The SMILES string of the molecule is Clc1cccc2sc(C3=CC4CCC(C3)N4)nc12. The molecule has 4 heteroatoms. The third kappa shape index (κ3) is 1.69. The summed E-state index contributed by atoms with van der Waals surface area (Å²) in [6, 6.07) is 7.21. The number of rotatable bonds is 1. The van der Waals surface area contributed by atoms with Crippen molar-refractivity contribution in [2.45, 2.75) is 31.3 Å². The maximum Gasteiger partial charge on any atom is 0.120 e. The molecule has 3 heterocycles. The minimum atomic E-state index is 0.557. The van der Waals surface area contributed by atoms with Crippen LogP contribution in [0.1, 0.15) is 24.3 Å². The molecule has 0 radical (unpaired) electrons. The zero-order chi connectivity index (χ0) is 12.1. The summed E-state index contributed by atoms with van der Waals surface area (Å²) in [4.78, 5) is 4.72.